The quantitative estimate of drug-likeness (QED) is 0.435. The van der Waals surface area contributed by atoms with Crippen LogP contribution < -0.4 is 5.73 Å². The molecule has 0 amide bonds. The van der Waals surface area contributed by atoms with Crippen LogP contribution in [0.3, 0.4) is 0 Å². The predicted octanol–water partition coefficient (Wildman–Crippen LogP) is 4.95. The summed E-state index contributed by atoms with van der Waals surface area (Å²) in [5, 5.41) is 4.43. The van der Waals surface area contributed by atoms with Gasteiger partial charge in [-0.25, -0.2) is 13.8 Å². The number of nitrogens with two attached hydrogens (primary N) is 1. The molecule has 0 saturated carbocycles. The molecule has 0 aliphatic heterocycles. The molecule has 0 atom stereocenters. The van der Waals surface area contributed by atoms with Gasteiger partial charge in [0.2, 0.25) is 0 Å². The van der Waals surface area contributed by atoms with E-state index in [1.54, 1.807) is 29.2 Å². The molecular formula is C23H17F2N5. The van der Waals surface area contributed by atoms with Crippen molar-refractivity contribution < 1.29 is 8.78 Å². The van der Waals surface area contributed by atoms with Crippen LogP contribution in [0.25, 0.3) is 39.1 Å². The van der Waals surface area contributed by atoms with Crippen LogP contribution >= 0.6 is 0 Å². The van der Waals surface area contributed by atoms with Gasteiger partial charge in [-0.3, -0.25) is 9.25 Å². The number of fused-ring (bicyclic) bond motifs is 1. The maximum Gasteiger partial charge on any atom is 0.133 e. The normalized spacial score (nSPS) is 11.3. The molecule has 0 unspecified atom stereocenters. The van der Waals surface area contributed by atoms with Crippen molar-refractivity contribution in [1.82, 2.24) is 19.3 Å². The van der Waals surface area contributed by atoms with Gasteiger partial charge in [-0.15, -0.1) is 0 Å². The second-order valence-corrected chi connectivity index (χ2v) is 7.13. The lowest BCUT2D eigenvalue weighted by atomic mass is 10.0. The van der Waals surface area contributed by atoms with Gasteiger partial charge in [-0.1, -0.05) is 6.07 Å². The lowest BCUT2D eigenvalue weighted by Gasteiger charge is -2.11. The van der Waals surface area contributed by atoms with Crippen LogP contribution in [0.5, 0.6) is 0 Å². The Morgan fingerprint density at radius 2 is 1.77 bits per heavy atom. The Kier molecular flexibility index (Phi) is 4.10. The highest BCUT2D eigenvalue weighted by molar-refractivity contribution is 5.83. The number of benzene rings is 3. The van der Waals surface area contributed by atoms with Gasteiger partial charge < -0.3 is 5.73 Å². The van der Waals surface area contributed by atoms with Crippen molar-refractivity contribution >= 4 is 16.7 Å². The zero-order valence-electron chi connectivity index (χ0n) is 16.1. The van der Waals surface area contributed by atoms with Gasteiger partial charge in [0.1, 0.15) is 18.0 Å². The molecule has 0 bridgehead atoms. The van der Waals surface area contributed by atoms with Crippen molar-refractivity contribution in [1.29, 1.82) is 0 Å². The van der Waals surface area contributed by atoms with E-state index in [4.69, 9.17) is 5.73 Å². The lowest BCUT2D eigenvalue weighted by Crippen LogP contribution is -1.97. The minimum absolute atomic E-state index is 0.284. The fourth-order valence-corrected chi connectivity index (χ4v) is 3.60. The molecule has 30 heavy (non-hydrogen) atoms. The minimum Gasteiger partial charge on any atom is -0.399 e. The summed E-state index contributed by atoms with van der Waals surface area (Å²) in [7, 11) is 1.87. The van der Waals surface area contributed by atoms with Gasteiger partial charge in [0, 0.05) is 41.8 Å². The summed E-state index contributed by atoms with van der Waals surface area (Å²) < 4.78 is 31.2. The summed E-state index contributed by atoms with van der Waals surface area (Å²) in [6.45, 7) is 0. The molecule has 0 radical (unpaired) electrons. The van der Waals surface area contributed by atoms with Gasteiger partial charge in [-0.05, 0) is 54.1 Å². The standard InChI is InChI=1S/C23H17F2N5/c1-29-7-6-21(28-29)14-2-5-23-22(10-14)27-13-30(23)18-9-15(8-17(26)12-18)19-4-3-16(24)11-20(19)25/h2-13H,26H2,1H3. The second-order valence-electron chi connectivity index (χ2n) is 7.13. The molecule has 2 N–H and O–H groups in total. The second kappa shape index (κ2) is 6.81. The van der Waals surface area contributed by atoms with E-state index in [0.29, 0.717) is 11.3 Å². The van der Waals surface area contributed by atoms with Crippen molar-refractivity contribution in [2.75, 3.05) is 5.73 Å². The number of rotatable bonds is 3. The number of aromatic nitrogens is 4. The van der Waals surface area contributed by atoms with E-state index in [-0.39, 0.29) is 5.56 Å². The Morgan fingerprint density at radius 1 is 0.900 bits per heavy atom. The van der Waals surface area contributed by atoms with E-state index in [1.807, 2.05) is 42.1 Å². The summed E-state index contributed by atoms with van der Waals surface area (Å²) in [6.07, 6.45) is 3.59. The molecule has 0 aliphatic rings. The molecule has 5 nitrogen and oxygen atoms in total. The number of aryl methyl sites for hydroxylation is 1. The van der Waals surface area contributed by atoms with Crippen molar-refractivity contribution in [2.45, 2.75) is 0 Å². The summed E-state index contributed by atoms with van der Waals surface area (Å²) in [6, 6.07) is 16.6. The SMILES string of the molecule is Cn1ccc(-c2ccc3c(c2)ncn3-c2cc(N)cc(-c3ccc(F)cc3F)c2)n1. The van der Waals surface area contributed by atoms with Crippen molar-refractivity contribution in [3.63, 3.8) is 0 Å². The number of nitrogen functional groups attached to an aromatic ring is 1. The summed E-state index contributed by atoms with van der Waals surface area (Å²) >= 11 is 0. The molecular weight excluding hydrogens is 384 g/mol. The van der Waals surface area contributed by atoms with Crippen LogP contribution in [-0.2, 0) is 7.05 Å². The molecule has 0 saturated heterocycles. The Bertz CT molecular complexity index is 1400. The van der Waals surface area contributed by atoms with E-state index in [9.17, 15) is 8.78 Å². The van der Waals surface area contributed by atoms with E-state index in [2.05, 4.69) is 10.1 Å². The number of imidazole rings is 1. The number of nitrogens with zero attached hydrogens (tertiary/aromatic N) is 4. The van der Waals surface area contributed by atoms with E-state index < -0.39 is 11.6 Å². The Balaban J connectivity index is 1.61. The van der Waals surface area contributed by atoms with Gasteiger partial charge >= 0.3 is 0 Å². The molecule has 0 aliphatic carbocycles. The first kappa shape index (κ1) is 18.1. The smallest absolute Gasteiger partial charge is 0.133 e. The minimum atomic E-state index is -0.637. The average molecular weight is 401 g/mol. The molecule has 148 valence electrons. The lowest BCUT2D eigenvalue weighted by molar-refractivity contribution is 0.585. The number of hydrogen-bond donors (Lipinski definition) is 1. The topological polar surface area (TPSA) is 61.7 Å². The number of halogens is 2. The highest BCUT2D eigenvalue weighted by atomic mass is 19.1. The van der Waals surface area contributed by atoms with Crippen LogP contribution in [0.15, 0.2) is 73.2 Å². The van der Waals surface area contributed by atoms with Gasteiger partial charge in [0.05, 0.1) is 16.7 Å². The number of anilines is 1. The zero-order chi connectivity index (χ0) is 20.8. The third-order valence-electron chi connectivity index (χ3n) is 5.02. The molecule has 5 rings (SSSR count). The first-order valence-corrected chi connectivity index (χ1v) is 9.31. The van der Waals surface area contributed by atoms with Gasteiger partial charge in [-0.2, -0.15) is 5.10 Å². The molecule has 3 aromatic carbocycles. The Labute approximate surface area is 171 Å². The molecule has 0 fully saturated rings. The summed E-state index contributed by atoms with van der Waals surface area (Å²) in [5.41, 5.74) is 11.7. The molecule has 2 heterocycles. The zero-order valence-corrected chi connectivity index (χ0v) is 16.1. The van der Waals surface area contributed by atoms with E-state index in [1.165, 1.54) is 12.1 Å². The summed E-state index contributed by atoms with van der Waals surface area (Å²) in [4.78, 5) is 4.51. The molecule has 7 heteroatoms. The maximum atomic E-state index is 14.3. The predicted molar refractivity (Wildman–Crippen MR) is 113 cm³/mol. The highest BCUT2D eigenvalue weighted by Crippen LogP contribution is 2.30. The van der Waals surface area contributed by atoms with Crippen molar-refractivity contribution in [3.8, 4) is 28.1 Å². The third-order valence-corrected chi connectivity index (χ3v) is 5.02. The van der Waals surface area contributed by atoms with Crippen molar-refractivity contribution in [3.05, 3.63) is 84.8 Å². The maximum absolute atomic E-state index is 14.3. The first-order chi connectivity index (χ1) is 14.5. The fraction of sp³-hybridized carbons (Fsp3) is 0.0435. The van der Waals surface area contributed by atoms with Crippen molar-refractivity contribution in [2.24, 2.45) is 7.05 Å². The fourth-order valence-electron chi connectivity index (χ4n) is 3.60. The largest absolute Gasteiger partial charge is 0.399 e. The Hall–Kier alpha value is -4.00. The Morgan fingerprint density at radius 3 is 2.53 bits per heavy atom. The summed E-state index contributed by atoms with van der Waals surface area (Å²) in [5.74, 6) is -1.26. The van der Waals surface area contributed by atoms with Crippen LogP contribution in [0.4, 0.5) is 14.5 Å². The molecule has 5 aromatic rings. The van der Waals surface area contributed by atoms with Crippen LogP contribution in [0.2, 0.25) is 0 Å². The van der Waals surface area contributed by atoms with E-state index >= 15 is 0 Å². The monoisotopic (exact) mass is 401 g/mol. The van der Waals surface area contributed by atoms with E-state index in [0.717, 1.165) is 34.0 Å². The average Bonchev–Trinajstić information content (AvgIpc) is 3.33. The molecule has 2 aromatic heterocycles. The van der Waals surface area contributed by atoms with Crippen LogP contribution in [0.1, 0.15) is 0 Å². The number of hydrogen-bond acceptors (Lipinski definition) is 3. The van der Waals surface area contributed by atoms with Gasteiger partial charge in [0.15, 0.2) is 0 Å². The van der Waals surface area contributed by atoms with Crippen LogP contribution in [0, 0.1) is 11.6 Å². The van der Waals surface area contributed by atoms with Gasteiger partial charge in [0.25, 0.3) is 0 Å². The molecule has 0 spiro atoms. The van der Waals surface area contributed by atoms with Crippen LogP contribution in [-0.4, -0.2) is 19.3 Å². The highest BCUT2D eigenvalue weighted by Gasteiger charge is 2.12. The third kappa shape index (κ3) is 3.10. The first-order valence-electron chi connectivity index (χ1n) is 9.31.